The van der Waals surface area contributed by atoms with Crippen molar-refractivity contribution in [1.29, 1.82) is 0 Å². The zero-order valence-corrected chi connectivity index (χ0v) is 13.1. The van der Waals surface area contributed by atoms with E-state index < -0.39 is 11.5 Å². The van der Waals surface area contributed by atoms with Crippen molar-refractivity contribution < 1.29 is 14.1 Å². The number of aromatic amines is 1. The first-order valence-electron chi connectivity index (χ1n) is 7.29. The Labute approximate surface area is 132 Å². The maximum absolute atomic E-state index is 12.3. The molecule has 2 heterocycles. The third kappa shape index (κ3) is 2.94. The number of pyridine rings is 1. The summed E-state index contributed by atoms with van der Waals surface area (Å²) in [6.07, 6.45) is 0.975. The molecule has 0 radical (unpaired) electrons. The number of rotatable bonds is 2. The minimum atomic E-state index is -0.625. The number of anilines is 1. The molecule has 0 unspecified atom stereocenters. The highest BCUT2D eigenvalue weighted by atomic mass is 16.5. The van der Waals surface area contributed by atoms with Crippen LogP contribution in [0, 0.1) is 12.3 Å². The van der Waals surface area contributed by atoms with E-state index in [1.165, 1.54) is 12.1 Å². The van der Waals surface area contributed by atoms with E-state index >= 15 is 0 Å². The van der Waals surface area contributed by atoms with E-state index in [0.717, 1.165) is 0 Å². The van der Waals surface area contributed by atoms with Crippen LogP contribution in [0.1, 0.15) is 52.4 Å². The van der Waals surface area contributed by atoms with Crippen molar-refractivity contribution in [3.05, 3.63) is 45.1 Å². The average Bonchev–Trinajstić information content (AvgIpc) is 2.81. The first kappa shape index (κ1) is 15.2. The molecule has 3 rings (SSSR count). The quantitative estimate of drug-likeness (QED) is 0.882. The van der Waals surface area contributed by atoms with Gasteiger partial charge < -0.3 is 14.8 Å². The number of nitrogens with zero attached hydrogens (tertiary/aromatic N) is 1. The summed E-state index contributed by atoms with van der Waals surface area (Å²) >= 11 is 0. The van der Waals surface area contributed by atoms with Crippen molar-refractivity contribution in [2.75, 3.05) is 5.32 Å². The number of fused-ring (bicyclic) bond motifs is 1. The van der Waals surface area contributed by atoms with Crippen LogP contribution in [0.5, 0.6) is 0 Å². The van der Waals surface area contributed by atoms with Gasteiger partial charge in [0.15, 0.2) is 11.6 Å². The number of amides is 1. The third-order valence-corrected chi connectivity index (χ3v) is 3.83. The average molecular weight is 315 g/mol. The molecule has 0 fully saturated rings. The van der Waals surface area contributed by atoms with E-state index in [9.17, 15) is 14.4 Å². The zero-order chi connectivity index (χ0) is 16.8. The number of H-pyrrole nitrogens is 1. The smallest absolute Gasteiger partial charge is 0.262 e. The summed E-state index contributed by atoms with van der Waals surface area (Å²) in [5.41, 5.74) is 0.162. The van der Waals surface area contributed by atoms with Gasteiger partial charge in [-0.05, 0) is 24.8 Å². The summed E-state index contributed by atoms with van der Waals surface area (Å²) in [5.74, 6) is 0.0629. The van der Waals surface area contributed by atoms with Gasteiger partial charge in [-0.25, -0.2) is 0 Å². The number of Topliss-reactive ketones (excluding diaryl/α,β-unsaturated/α-hetero) is 1. The van der Waals surface area contributed by atoms with Crippen molar-refractivity contribution in [1.82, 2.24) is 10.1 Å². The van der Waals surface area contributed by atoms with Crippen molar-refractivity contribution in [2.45, 2.75) is 33.6 Å². The summed E-state index contributed by atoms with van der Waals surface area (Å²) in [6.45, 7) is 5.63. The van der Waals surface area contributed by atoms with Crippen molar-refractivity contribution in [3.8, 4) is 0 Å². The fourth-order valence-corrected chi connectivity index (χ4v) is 2.81. The van der Waals surface area contributed by atoms with Gasteiger partial charge in [0.2, 0.25) is 0 Å². The molecule has 7 nitrogen and oxygen atoms in total. The highest BCUT2D eigenvalue weighted by molar-refractivity contribution is 6.06. The predicted octanol–water partition coefficient (Wildman–Crippen LogP) is 2.08. The monoisotopic (exact) mass is 315 g/mol. The molecule has 0 aromatic carbocycles. The predicted molar refractivity (Wildman–Crippen MR) is 82.7 cm³/mol. The highest BCUT2D eigenvalue weighted by Crippen LogP contribution is 2.33. The summed E-state index contributed by atoms with van der Waals surface area (Å²) in [4.78, 5) is 39.4. The van der Waals surface area contributed by atoms with Gasteiger partial charge in [-0.3, -0.25) is 14.4 Å². The lowest BCUT2D eigenvalue weighted by atomic mass is 9.75. The molecule has 0 bridgehead atoms. The van der Waals surface area contributed by atoms with Gasteiger partial charge in [-0.15, -0.1) is 0 Å². The Kier molecular flexibility index (Phi) is 3.43. The van der Waals surface area contributed by atoms with Crippen molar-refractivity contribution >= 4 is 17.5 Å². The first-order chi connectivity index (χ1) is 10.7. The fourth-order valence-electron chi connectivity index (χ4n) is 2.81. The van der Waals surface area contributed by atoms with Crippen LogP contribution >= 0.6 is 0 Å². The minimum Gasteiger partial charge on any atom is -0.360 e. The van der Waals surface area contributed by atoms with Gasteiger partial charge in [0, 0.05) is 23.7 Å². The summed E-state index contributed by atoms with van der Waals surface area (Å²) in [5, 5.41) is 6.13. The van der Waals surface area contributed by atoms with Crippen LogP contribution in [-0.4, -0.2) is 21.8 Å². The lowest BCUT2D eigenvalue weighted by Crippen LogP contribution is -2.32. The molecule has 0 aliphatic heterocycles. The Balaban J connectivity index is 1.95. The summed E-state index contributed by atoms with van der Waals surface area (Å²) in [6, 6.07) is 2.91. The molecule has 0 saturated heterocycles. The van der Waals surface area contributed by atoms with Crippen LogP contribution in [0.25, 0.3) is 0 Å². The van der Waals surface area contributed by atoms with Crippen molar-refractivity contribution in [2.24, 2.45) is 5.41 Å². The summed E-state index contributed by atoms with van der Waals surface area (Å²) in [7, 11) is 0. The molecular formula is C16H17N3O4. The molecule has 0 spiro atoms. The Morgan fingerprint density at radius 2 is 2.04 bits per heavy atom. The largest absolute Gasteiger partial charge is 0.360 e. The van der Waals surface area contributed by atoms with E-state index in [2.05, 4.69) is 15.5 Å². The second-order valence-corrected chi connectivity index (χ2v) is 6.62. The first-order valence-corrected chi connectivity index (χ1v) is 7.29. The molecule has 1 amide bonds. The van der Waals surface area contributed by atoms with E-state index in [-0.39, 0.29) is 22.6 Å². The van der Waals surface area contributed by atoms with Crippen LogP contribution in [0.15, 0.2) is 21.5 Å². The van der Waals surface area contributed by atoms with Crippen LogP contribution in [0.2, 0.25) is 0 Å². The molecule has 7 heteroatoms. The van der Waals surface area contributed by atoms with Crippen molar-refractivity contribution in [3.63, 3.8) is 0 Å². The minimum absolute atomic E-state index is 0.0705. The normalized spacial score (nSPS) is 16.0. The maximum Gasteiger partial charge on any atom is 0.262 e. The second kappa shape index (κ2) is 5.19. The van der Waals surface area contributed by atoms with Crippen LogP contribution in [-0.2, 0) is 6.42 Å². The number of nitrogens with one attached hydrogen (secondary N) is 2. The SMILES string of the molecule is Cc1cc(NC(=O)c2cc3c([nH]c2=O)CC(C)(C)CC3=O)no1. The number of hydrogen-bond acceptors (Lipinski definition) is 5. The molecule has 23 heavy (non-hydrogen) atoms. The van der Waals surface area contributed by atoms with Gasteiger partial charge in [-0.1, -0.05) is 19.0 Å². The summed E-state index contributed by atoms with van der Waals surface area (Å²) < 4.78 is 4.86. The van der Waals surface area contributed by atoms with Gasteiger partial charge in [-0.2, -0.15) is 0 Å². The van der Waals surface area contributed by atoms with E-state index in [1.807, 2.05) is 13.8 Å². The number of aromatic nitrogens is 2. The zero-order valence-electron chi connectivity index (χ0n) is 13.1. The third-order valence-electron chi connectivity index (χ3n) is 3.83. The fraction of sp³-hybridized carbons (Fsp3) is 0.375. The molecule has 0 atom stereocenters. The molecule has 2 N–H and O–H groups in total. The van der Waals surface area contributed by atoms with Gasteiger partial charge >= 0.3 is 0 Å². The second-order valence-electron chi connectivity index (χ2n) is 6.62. The Bertz CT molecular complexity index is 860. The molecule has 2 aromatic rings. The van der Waals surface area contributed by atoms with Gasteiger partial charge in [0.05, 0.1) is 0 Å². The highest BCUT2D eigenvalue weighted by Gasteiger charge is 2.32. The number of carbonyl (C=O) groups excluding carboxylic acids is 2. The molecule has 0 saturated carbocycles. The van der Waals surface area contributed by atoms with Gasteiger partial charge in [0.25, 0.3) is 11.5 Å². The van der Waals surface area contributed by atoms with Crippen LogP contribution in [0.4, 0.5) is 5.82 Å². The van der Waals surface area contributed by atoms with Crippen LogP contribution < -0.4 is 10.9 Å². The molecule has 2 aromatic heterocycles. The van der Waals surface area contributed by atoms with E-state index in [4.69, 9.17) is 4.52 Å². The van der Waals surface area contributed by atoms with Crippen LogP contribution in [0.3, 0.4) is 0 Å². The number of carbonyl (C=O) groups is 2. The Morgan fingerprint density at radius 1 is 1.30 bits per heavy atom. The standard InChI is InChI=1S/C16H17N3O4/c1-8-4-13(19-23-8)18-15(22)10-5-9-11(17-14(10)21)6-16(2,3)7-12(9)20/h4-5H,6-7H2,1-3H3,(H,17,21)(H,18,19,22). The van der Waals surface area contributed by atoms with E-state index in [0.29, 0.717) is 29.9 Å². The molecular weight excluding hydrogens is 298 g/mol. The topological polar surface area (TPSA) is 105 Å². The lowest BCUT2D eigenvalue weighted by Gasteiger charge is -2.29. The Morgan fingerprint density at radius 3 is 2.70 bits per heavy atom. The molecule has 1 aliphatic carbocycles. The Hall–Kier alpha value is -2.70. The number of hydrogen-bond donors (Lipinski definition) is 2. The molecule has 1 aliphatic rings. The number of ketones is 1. The molecule has 120 valence electrons. The maximum atomic E-state index is 12.3. The van der Waals surface area contributed by atoms with E-state index in [1.54, 1.807) is 6.92 Å². The van der Waals surface area contributed by atoms with Gasteiger partial charge in [0.1, 0.15) is 11.3 Å². The number of aryl methyl sites for hydroxylation is 1. The lowest BCUT2D eigenvalue weighted by molar-refractivity contribution is 0.0910.